The molecule has 2 rings (SSSR count). The van der Waals surface area contributed by atoms with E-state index in [0.29, 0.717) is 0 Å². The predicted molar refractivity (Wildman–Crippen MR) is 72.9 cm³/mol. The molecule has 0 aliphatic heterocycles. The van der Waals surface area contributed by atoms with Crippen LogP contribution in [0.2, 0.25) is 0 Å². The van der Waals surface area contributed by atoms with E-state index < -0.39 is 0 Å². The Labute approximate surface area is 105 Å². The van der Waals surface area contributed by atoms with Crippen molar-refractivity contribution in [1.29, 1.82) is 0 Å². The predicted octanol–water partition coefficient (Wildman–Crippen LogP) is 2.64. The van der Waals surface area contributed by atoms with Gasteiger partial charge < -0.3 is 5.32 Å². The minimum atomic E-state index is 0.958. The van der Waals surface area contributed by atoms with E-state index in [4.69, 9.17) is 0 Å². The summed E-state index contributed by atoms with van der Waals surface area (Å²) in [4.78, 5) is 2.56. The Bertz CT molecular complexity index is 327. The largest absolute Gasteiger partial charge is 0.316 e. The van der Waals surface area contributed by atoms with Crippen LogP contribution in [0.25, 0.3) is 0 Å². The van der Waals surface area contributed by atoms with Gasteiger partial charge in [0.1, 0.15) is 0 Å². The van der Waals surface area contributed by atoms with Crippen LogP contribution in [0.3, 0.4) is 0 Å². The molecule has 0 heterocycles. The highest BCUT2D eigenvalue weighted by Crippen LogP contribution is 2.30. The molecule has 1 aliphatic carbocycles. The minimum absolute atomic E-state index is 0.958. The zero-order chi connectivity index (χ0) is 12.1. The van der Waals surface area contributed by atoms with Crippen LogP contribution in [0.5, 0.6) is 0 Å². The summed E-state index contributed by atoms with van der Waals surface area (Å²) in [6.07, 6.45) is 2.88. The molecular weight excluding hydrogens is 208 g/mol. The molecule has 0 aromatic heterocycles. The molecule has 0 amide bonds. The van der Waals surface area contributed by atoms with Crippen LogP contribution in [0.4, 0.5) is 0 Å². The standard InChI is InChI=1S/C15H24N2/c1-3-17(12-15-8-9-15)11-14-6-4-13(5-7-14)10-16-2/h4-7,15-16H,3,8-12H2,1-2H3. The van der Waals surface area contributed by atoms with Gasteiger partial charge in [0.15, 0.2) is 0 Å². The molecule has 0 spiro atoms. The lowest BCUT2D eigenvalue weighted by Crippen LogP contribution is -2.25. The van der Waals surface area contributed by atoms with Crippen LogP contribution in [0, 0.1) is 5.92 Å². The molecule has 1 N–H and O–H groups in total. The molecule has 0 unspecified atom stereocenters. The van der Waals surface area contributed by atoms with Gasteiger partial charge >= 0.3 is 0 Å². The van der Waals surface area contributed by atoms with Crippen molar-refractivity contribution in [3.8, 4) is 0 Å². The maximum absolute atomic E-state index is 3.18. The van der Waals surface area contributed by atoms with Crippen LogP contribution in [0.1, 0.15) is 30.9 Å². The first kappa shape index (κ1) is 12.6. The second kappa shape index (κ2) is 6.18. The molecule has 0 bridgehead atoms. The highest BCUT2D eigenvalue weighted by atomic mass is 15.1. The average Bonchev–Trinajstić information content (AvgIpc) is 3.15. The molecule has 17 heavy (non-hydrogen) atoms. The third-order valence-electron chi connectivity index (χ3n) is 3.47. The fourth-order valence-electron chi connectivity index (χ4n) is 2.20. The molecule has 94 valence electrons. The normalized spacial score (nSPS) is 15.5. The van der Waals surface area contributed by atoms with E-state index >= 15 is 0 Å². The van der Waals surface area contributed by atoms with Gasteiger partial charge in [-0.25, -0.2) is 0 Å². The van der Waals surface area contributed by atoms with Crippen molar-refractivity contribution in [2.24, 2.45) is 5.92 Å². The monoisotopic (exact) mass is 232 g/mol. The lowest BCUT2D eigenvalue weighted by atomic mass is 10.1. The molecule has 0 saturated heterocycles. The quantitative estimate of drug-likeness (QED) is 0.777. The van der Waals surface area contributed by atoms with Gasteiger partial charge in [-0.1, -0.05) is 31.2 Å². The fourth-order valence-corrected chi connectivity index (χ4v) is 2.20. The van der Waals surface area contributed by atoms with Gasteiger partial charge in [-0.15, -0.1) is 0 Å². The Kier molecular flexibility index (Phi) is 4.57. The van der Waals surface area contributed by atoms with Gasteiger partial charge in [0, 0.05) is 19.6 Å². The summed E-state index contributed by atoms with van der Waals surface area (Å²) in [6.45, 7) is 6.77. The van der Waals surface area contributed by atoms with E-state index in [2.05, 4.69) is 41.4 Å². The Morgan fingerprint density at radius 2 is 1.82 bits per heavy atom. The Morgan fingerprint density at radius 1 is 1.18 bits per heavy atom. The Morgan fingerprint density at radius 3 is 2.35 bits per heavy atom. The van der Waals surface area contributed by atoms with Gasteiger partial charge in [-0.3, -0.25) is 4.90 Å². The van der Waals surface area contributed by atoms with E-state index in [-0.39, 0.29) is 0 Å². The number of nitrogens with zero attached hydrogens (tertiary/aromatic N) is 1. The average molecular weight is 232 g/mol. The fraction of sp³-hybridized carbons (Fsp3) is 0.600. The lowest BCUT2D eigenvalue weighted by molar-refractivity contribution is 0.268. The van der Waals surface area contributed by atoms with Crippen LogP contribution < -0.4 is 5.32 Å². The van der Waals surface area contributed by atoms with E-state index in [1.807, 2.05) is 7.05 Å². The van der Waals surface area contributed by atoms with Crippen molar-refractivity contribution in [2.75, 3.05) is 20.1 Å². The van der Waals surface area contributed by atoms with E-state index in [1.54, 1.807) is 0 Å². The number of benzene rings is 1. The number of hydrogen-bond donors (Lipinski definition) is 1. The molecule has 1 aromatic carbocycles. The maximum Gasteiger partial charge on any atom is 0.0233 e. The number of hydrogen-bond acceptors (Lipinski definition) is 2. The first-order valence-corrected chi connectivity index (χ1v) is 6.76. The SMILES string of the molecule is CCN(Cc1ccc(CNC)cc1)CC1CC1. The first-order chi connectivity index (χ1) is 8.31. The maximum atomic E-state index is 3.18. The smallest absolute Gasteiger partial charge is 0.0233 e. The van der Waals surface area contributed by atoms with Crippen molar-refractivity contribution in [3.05, 3.63) is 35.4 Å². The zero-order valence-corrected chi connectivity index (χ0v) is 11.1. The Balaban J connectivity index is 1.87. The minimum Gasteiger partial charge on any atom is -0.316 e. The van der Waals surface area contributed by atoms with Crippen molar-refractivity contribution >= 4 is 0 Å². The summed E-state index contributed by atoms with van der Waals surface area (Å²) in [7, 11) is 1.99. The van der Waals surface area contributed by atoms with Crippen molar-refractivity contribution in [3.63, 3.8) is 0 Å². The summed E-state index contributed by atoms with van der Waals surface area (Å²) in [5.74, 6) is 0.985. The summed E-state index contributed by atoms with van der Waals surface area (Å²) < 4.78 is 0. The van der Waals surface area contributed by atoms with Gasteiger partial charge in [-0.2, -0.15) is 0 Å². The zero-order valence-electron chi connectivity index (χ0n) is 11.1. The molecule has 0 atom stereocenters. The molecule has 0 radical (unpaired) electrons. The van der Waals surface area contributed by atoms with Crippen molar-refractivity contribution in [1.82, 2.24) is 10.2 Å². The molecule has 2 nitrogen and oxygen atoms in total. The van der Waals surface area contributed by atoms with Crippen molar-refractivity contribution in [2.45, 2.75) is 32.9 Å². The second-order valence-electron chi connectivity index (χ2n) is 5.12. The van der Waals surface area contributed by atoms with Gasteiger partial charge in [0.25, 0.3) is 0 Å². The molecule has 1 aliphatic rings. The third-order valence-corrected chi connectivity index (χ3v) is 3.47. The molecule has 1 fully saturated rings. The molecule has 1 aromatic rings. The topological polar surface area (TPSA) is 15.3 Å². The van der Waals surface area contributed by atoms with Crippen LogP contribution in [-0.2, 0) is 13.1 Å². The van der Waals surface area contributed by atoms with Crippen LogP contribution >= 0.6 is 0 Å². The summed E-state index contributed by atoms with van der Waals surface area (Å²) in [5, 5.41) is 3.18. The molecule has 2 heteroatoms. The molecule has 1 saturated carbocycles. The van der Waals surface area contributed by atoms with Crippen molar-refractivity contribution < 1.29 is 0 Å². The van der Waals surface area contributed by atoms with Gasteiger partial charge in [0.2, 0.25) is 0 Å². The first-order valence-electron chi connectivity index (χ1n) is 6.76. The summed E-state index contributed by atoms with van der Waals surface area (Å²) in [6, 6.07) is 9.00. The van der Waals surface area contributed by atoms with E-state index in [9.17, 15) is 0 Å². The number of rotatable bonds is 7. The van der Waals surface area contributed by atoms with E-state index in [1.165, 1.54) is 30.5 Å². The third kappa shape index (κ3) is 4.14. The van der Waals surface area contributed by atoms with Gasteiger partial charge in [0.05, 0.1) is 0 Å². The van der Waals surface area contributed by atoms with Crippen LogP contribution in [-0.4, -0.2) is 25.0 Å². The van der Waals surface area contributed by atoms with Gasteiger partial charge in [-0.05, 0) is 43.5 Å². The lowest BCUT2D eigenvalue weighted by Gasteiger charge is -2.20. The summed E-state index contributed by atoms with van der Waals surface area (Å²) >= 11 is 0. The highest BCUT2D eigenvalue weighted by molar-refractivity contribution is 5.22. The second-order valence-corrected chi connectivity index (χ2v) is 5.12. The Hall–Kier alpha value is -0.860. The van der Waals surface area contributed by atoms with E-state index in [0.717, 1.165) is 25.6 Å². The highest BCUT2D eigenvalue weighted by Gasteiger charge is 2.23. The summed E-state index contributed by atoms with van der Waals surface area (Å²) in [5.41, 5.74) is 2.80. The molecular formula is C15H24N2. The number of nitrogens with one attached hydrogen (secondary N) is 1. The van der Waals surface area contributed by atoms with Crippen LogP contribution in [0.15, 0.2) is 24.3 Å².